The van der Waals surface area contributed by atoms with Crippen LogP contribution in [0.4, 0.5) is 0 Å². The van der Waals surface area contributed by atoms with Gasteiger partial charge in [-0.15, -0.1) is 0 Å². The summed E-state index contributed by atoms with van der Waals surface area (Å²) in [4.78, 5) is 0. The molecule has 0 rings (SSSR count). The third kappa shape index (κ3) is 10.7. The zero-order valence-corrected chi connectivity index (χ0v) is 14.4. The molecule has 0 amide bonds. The van der Waals surface area contributed by atoms with Gasteiger partial charge in [-0.25, -0.2) is 0 Å². The smallest absolute Gasteiger partial charge is 0.0884 e. The van der Waals surface area contributed by atoms with Crippen LogP contribution in [0, 0.1) is 0 Å². The van der Waals surface area contributed by atoms with Crippen molar-refractivity contribution < 1.29 is 9.84 Å². The lowest BCUT2D eigenvalue weighted by atomic mass is 9.95. The van der Waals surface area contributed by atoms with Gasteiger partial charge in [0.25, 0.3) is 0 Å². The van der Waals surface area contributed by atoms with Crippen molar-refractivity contribution in [2.24, 2.45) is 0 Å². The van der Waals surface area contributed by atoms with Gasteiger partial charge in [-0.2, -0.15) is 0 Å². The van der Waals surface area contributed by atoms with Gasteiger partial charge in [0.2, 0.25) is 0 Å². The predicted molar refractivity (Wildman–Crippen MR) is 88.2 cm³/mol. The van der Waals surface area contributed by atoms with Gasteiger partial charge in [0, 0.05) is 6.61 Å². The predicted octanol–water partition coefficient (Wildman–Crippen LogP) is 5.47. The molecule has 0 radical (unpaired) electrons. The fourth-order valence-corrected chi connectivity index (χ4v) is 2.64. The molecular weight excluding hydrogens is 248 g/mol. The molecule has 0 aliphatic heterocycles. The topological polar surface area (TPSA) is 29.5 Å². The van der Waals surface area contributed by atoms with E-state index in [9.17, 15) is 5.11 Å². The normalized spacial score (nSPS) is 13.7. The van der Waals surface area contributed by atoms with E-state index in [-0.39, 0.29) is 6.10 Å². The number of unbranched alkanes of at least 4 members (excludes halogenated alkanes) is 9. The fourth-order valence-electron chi connectivity index (χ4n) is 2.64. The molecule has 0 aromatic heterocycles. The van der Waals surface area contributed by atoms with Crippen LogP contribution in [0.2, 0.25) is 0 Å². The molecule has 0 bridgehead atoms. The summed E-state index contributed by atoms with van der Waals surface area (Å²) < 4.78 is 5.58. The van der Waals surface area contributed by atoms with Gasteiger partial charge in [0.1, 0.15) is 0 Å². The standard InChI is InChI=1S/C18H38O2/c1-5-7-8-9-10-11-12-13-14-15-16-17(19)18(3,4)20-6-2/h17,19H,5-16H2,1-4H3. The van der Waals surface area contributed by atoms with Gasteiger partial charge in [0.05, 0.1) is 11.7 Å². The number of rotatable bonds is 14. The molecule has 0 saturated carbocycles. The molecule has 0 fully saturated rings. The molecule has 1 unspecified atom stereocenters. The quantitative estimate of drug-likeness (QED) is 0.429. The van der Waals surface area contributed by atoms with E-state index in [0.717, 1.165) is 12.8 Å². The maximum absolute atomic E-state index is 10.1. The molecule has 0 aromatic carbocycles. The molecule has 0 saturated heterocycles. The van der Waals surface area contributed by atoms with Gasteiger partial charge in [-0.3, -0.25) is 0 Å². The van der Waals surface area contributed by atoms with Crippen molar-refractivity contribution in [2.45, 2.75) is 110 Å². The second-order valence-corrected chi connectivity index (χ2v) is 6.52. The Morgan fingerprint density at radius 2 is 1.25 bits per heavy atom. The third-order valence-electron chi connectivity index (χ3n) is 4.15. The Kier molecular flexibility index (Phi) is 12.6. The molecule has 122 valence electrons. The zero-order chi connectivity index (χ0) is 15.3. The Morgan fingerprint density at radius 3 is 1.70 bits per heavy atom. The summed E-state index contributed by atoms with van der Waals surface area (Å²) >= 11 is 0. The minimum atomic E-state index is -0.395. The van der Waals surface area contributed by atoms with E-state index in [4.69, 9.17) is 4.74 Å². The molecule has 0 spiro atoms. The van der Waals surface area contributed by atoms with Crippen LogP contribution in [0.5, 0.6) is 0 Å². The van der Waals surface area contributed by atoms with Crippen LogP contribution in [-0.4, -0.2) is 23.4 Å². The average molecular weight is 287 g/mol. The first-order chi connectivity index (χ1) is 9.54. The van der Waals surface area contributed by atoms with Crippen LogP contribution >= 0.6 is 0 Å². The number of aliphatic hydroxyl groups is 1. The van der Waals surface area contributed by atoms with E-state index < -0.39 is 5.60 Å². The molecule has 0 aromatic rings. The molecular formula is C18H38O2. The lowest BCUT2D eigenvalue weighted by Crippen LogP contribution is -2.39. The highest BCUT2D eigenvalue weighted by Gasteiger charge is 2.27. The van der Waals surface area contributed by atoms with E-state index >= 15 is 0 Å². The minimum absolute atomic E-state index is 0.337. The Labute approximate surface area is 127 Å². The summed E-state index contributed by atoms with van der Waals surface area (Å²) in [7, 11) is 0. The van der Waals surface area contributed by atoms with Crippen molar-refractivity contribution in [1.29, 1.82) is 0 Å². The molecule has 1 N–H and O–H groups in total. The van der Waals surface area contributed by atoms with E-state index in [1.54, 1.807) is 0 Å². The average Bonchev–Trinajstić information content (AvgIpc) is 2.40. The Morgan fingerprint density at radius 1 is 0.800 bits per heavy atom. The summed E-state index contributed by atoms with van der Waals surface area (Å²) in [5.41, 5.74) is -0.395. The first-order valence-corrected chi connectivity index (χ1v) is 8.86. The molecule has 0 aliphatic rings. The van der Waals surface area contributed by atoms with Crippen LogP contribution in [0.15, 0.2) is 0 Å². The largest absolute Gasteiger partial charge is 0.390 e. The van der Waals surface area contributed by atoms with Crippen molar-refractivity contribution in [3.05, 3.63) is 0 Å². The zero-order valence-electron chi connectivity index (χ0n) is 14.4. The van der Waals surface area contributed by atoms with Gasteiger partial charge < -0.3 is 9.84 Å². The van der Waals surface area contributed by atoms with Crippen LogP contribution < -0.4 is 0 Å². The van der Waals surface area contributed by atoms with Crippen LogP contribution in [-0.2, 0) is 4.74 Å². The highest BCUT2D eigenvalue weighted by molar-refractivity contribution is 4.78. The summed E-state index contributed by atoms with van der Waals surface area (Å²) in [6, 6.07) is 0. The SMILES string of the molecule is CCCCCCCCCCCCC(O)C(C)(C)OCC. The Bertz CT molecular complexity index is 202. The van der Waals surface area contributed by atoms with Crippen LogP contribution in [0.1, 0.15) is 98.3 Å². The lowest BCUT2D eigenvalue weighted by molar-refractivity contribution is -0.0992. The van der Waals surface area contributed by atoms with Crippen molar-refractivity contribution >= 4 is 0 Å². The Balaban J connectivity index is 3.35. The minimum Gasteiger partial charge on any atom is -0.390 e. The van der Waals surface area contributed by atoms with Crippen LogP contribution in [0.3, 0.4) is 0 Å². The first-order valence-electron chi connectivity index (χ1n) is 8.86. The highest BCUT2D eigenvalue weighted by Crippen LogP contribution is 2.20. The van der Waals surface area contributed by atoms with Crippen molar-refractivity contribution in [2.75, 3.05) is 6.61 Å². The summed E-state index contributed by atoms with van der Waals surface area (Å²) in [5, 5.41) is 10.1. The molecule has 20 heavy (non-hydrogen) atoms. The van der Waals surface area contributed by atoms with E-state index in [2.05, 4.69) is 6.92 Å². The van der Waals surface area contributed by atoms with Crippen molar-refractivity contribution in [3.8, 4) is 0 Å². The van der Waals surface area contributed by atoms with Gasteiger partial charge in [0.15, 0.2) is 0 Å². The molecule has 0 heterocycles. The molecule has 2 nitrogen and oxygen atoms in total. The Hall–Kier alpha value is -0.0800. The molecule has 1 atom stereocenters. The lowest BCUT2D eigenvalue weighted by Gasteiger charge is -2.30. The summed E-state index contributed by atoms with van der Waals surface area (Å²) in [5.74, 6) is 0. The van der Waals surface area contributed by atoms with Gasteiger partial charge in [-0.05, 0) is 27.2 Å². The fraction of sp³-hybridized carbons (Fsp3) is 1.00. The van der Waals surface area contributed by atoms with E-state index in [0.29, 0.717) is 6.61 Å². The number of hydrogen-bond donors (Lipinski definition) is 1. The first kappa shape index (κ1) is 19.9. The van der Waals surface area contributed by atoms with Gasteiger partial charge >= 0.3 is 0 Å². The second-order valence-electron chi connectivity index (χ2n) is 6.52. The van der Waals surface area contributed by atoms with E-state index in [1.165, 1.54) is 57.8 Å². The number of aliphatic hydroxyl groups excluding tert-OH is 1. The van der Waals surface area contributed by atoms with Crippen molar-refractivity contribution in [3.63, 3.8) is 0 Å². The highest BCUT2D eigenvalue weighted by atomic mass is 16.5. The monoisotopic (exact) mass is 286 g/mol. The molecule has 2 heteroatoms. The number of hydrogen-bond acceptors (Lipinski definition) is 2. The van der Waals surface area contributed by atoms with E-state index in [1.807, 2.05) is 20.8 Å². The van der Waals surface area contributed by atoms with Crippen molar-refractivity contribution in [1.82, 2.24) is 0 Å². The summed E-state index contributed by atoms with van der Waals surface area (Å²) in [6.45, 7) is 8.88. The van der Waals surface area contributed by atoms with Gasteiger partial charge in [-0.1, -0.05) is 71.1 Å². The maximum atomic E-state index is 10.1. The third-order valence-corrected chi connectivity index (χ3v) is 4.15. The summed E-state index contributed by atoms with van der Waals surface area (Å²) in [6.07, 6.45) is 13.9. The van der Waals surface area contributed by atoms with Crippen LogP contribution in [0.25, 0.3) is 0 Å². The second kappa shape index (κ2) is 12.6. The number of ether oxygens (including phenoxy) is 1. The maximum Gasteiger partial charge on any atom is 0.0884 e. The molecule has 0 aliphatic carbocycles.